The van der Waals surface area contributed by atoms with Gasteiger partial charge in [0.1, 0.15) is 16.3 Å². The number of benzene rings is 3. The van der Waals surface area contributed by atoms with Crippen LogP contribution in [0.3, 0.4) is 0 Å². The molecule has 0 bridgehead atoms. The summed E-state index contributed by atoms with van der Waals surface area (Å²) < 4.78 is 11.2. The van der Waals surface area contributed by atoms with Crippen molar-refractivity contribution in [2.45, 2.75) is 6.42 Å². The number of para-hydroxylation sites is 1. The van der Waals surface area contributed by atoms with E-state index in [4.69, 9.17) is 9.15 Å². The molecule has 5 nitrogen and oxygen atoms in total. The Morgan fingerprint density at radius 1 is 0.871 bits per heavy atom. The molecule has 0 spiro atoms. The molecule has 0 aliphatic carbocycles. The zero-order chi connectivity index (χ0) is 21.0. The van der Waals surface area contributed by atoms with E-state index in [1.165, 1.54) is 16.9 Å². The number of ether oxygens (including phenoxy) is 1. The topological polar surface area (TPSA) is 64.4 Å². The van der Waals surface area contributed by atoms with Crippen LogP contribution in [0.25, 0.3) is 10.2 Å². The number of aromatic nitrogens is 1. The minimum absolute atomic E-state index is 0.169. The lowest BCUT2D eigenvalue weighted by Gasteiger charge is -2.07. The van der Waals surface area contributed by atoms with Crippen molar-refractivity contribution in [3.8, 4) is 11.5 Å². The monoisotopic (exact) mass is 426 g/mol. The van der Waals surface area contributed by atoms with Crippen molar-refractivity contribution in [1.29, 1.82) is 0 Å². The summed E-state index contributed by atoms with van der Waals surface area (Å²) in [7, 11) is 0. The molecule has 0 aliphatic rings. The predicted octanol–water partition coefficient (Wildman–Crippen LogP) is 6.38. The summed E-state index contributed by atoms with van der Waals surface area (Å²) in [5.74, 6) is 1.48. The fraction of sp³-hybridized carbons (Fsp3) is 0.0400. The minimum Gasteiger partial charge on any atom is -0.457 e. The van der Waals surface area contributed by atoms with Crippen LogP contribution in [-0.2, 0) is 6.42 Å². The largest absolute Gasteiger partial charge is 0.457 e. The molecule has 1 N–H and O–H groups in total. The number of nitrogens with zero attached hydrogens (tertiary/aromatic N) is 1. The molecule has 0 amide bonds. The van der Waals surface area contributed by atoms with Crippen molar-refractivity contribution in [2.24, 2.45) is 0 Å². The second-order valence-electron chi connectivity index (χ2n) is 6.96. The predicted molar refractivity (Wildman–Crippen MR) is 124 cm³/mol. The summed E-state index contributed by atoms with van der Waals surface area (Å²) in [4.78, 5) is 18.7. The summed E-state index contributed by atoms with van der Waals surface area (Å²) >= 11 is 1.50. The average Bonchev–Trinajstić information content (AvgIpc) is 3.19. The lowest BCUT2D eigenvalue weighted by Crippen LogP contribution is -2.03. The summed E-state index contributed by atoms with van der Waals surface area (Å²) in [6, 6.07) is 29.1. The van der Waals surface area contributed by atoms with E-state index in [9.17, 15) is 4.79 Å². The Morgan fingerprint density at radius 3 is 2.29 bits per heavy atom. The standard InChI is InChI=1S/C25H18N2O3S/c28-24-22-16-21(15-17-7-3-1-4-8-17)31-23(22)27-25(30-24)26-18-11-13-20(14-12-18)29-19-9-5-2-6-10-19/h1-14,16H,15H2,(H,26,27). The second kappa shape index (κ2) is 8.45. The molecule has 2 aromatic heterocycles. The number of fused-ring (bicyclic) bond motifs is 1. The fourth-order valence-electron chi connectivity index (χ4n) is 3.21. The van der Waals surface area contributed by atoms with Gasteiger partial charge in [0.25, 0.3) is 0 Å². The summed E-state index contributed by atoms with van der Waals surface area (Å²) in [6.07, 6.45) is 0.757. The van der Waals surface area contributed by atoms with Crippen LogP contribution in [0.4, 0.5) is 11.7 Å². The molecule has 152 valence electrons. The molecule has 31 heavy (non-hydrogen) atoms. The quantitative estimate of drug-likeness (QED) is 0.341. The van der Waals surface area contributed by atoms with E-state index in [2.05, 4.69) is 22.4 Å². The van der Waals surface area contributed by atoms with Crippen molar-refractivity contribution in [3.05, 3.63) is 112 Å². The van der Waals surface area contributed by atoms with Gasteiger partial charge < -0.3 is 14.5 Å². The Bertz CT molecular complexity index is 1360. The van der Waals surface area contributed by atoms with Gasteiger partial charge in [-0.3, -0.25) is 0 Å². The summed E-state index contributed by atoms with van der Waals surface area (Å²) in [5.41, 5.74) is 1.54. The third-order valence-corrected chi connectivity index (χ3v) is 5.71. The van der Waals surface area contributed by atoms with Crippen LogP contribution in [0.1, 0.15) is 10.4 Å². The van der Waals surface area contributed by atoms with E-state index in [1.54, 1.807) is 0 Å². The van der Waals surface area contributed by atoms with Crippen LogP contribution in [0.5, 0.6) is 11.5 Å². The van der Waals surface area contributed by atoms with Gasteiger partial charge in [0, 0.05) is 17.0 Å². The van der Waals surface area contributed by atoms with E-state index >= 15 is 0 Å². The van der Waals surface area contributed by atoms with Crippen LogP contribution >= 0.6 is 11.3 Å². The maximum Gasteiger partial charge on any atom is 0.349 e. The van der Waals surface area contributed by atoms with Gasteiger partial charge in [-0.25, -0.2) is 4.79 Å². The number of thiophene rings is 1. The van der Waals surface area contributed by atoms with Crippen LogP contribution in [-0.4, -0.2) is 4.98 Å². The first-order chi connectivity index (χ1) is 15.2. The maximum absolute atomic E-state index is 12.5. The van der Waals surface area contributed by atoms with E-state index < -0.39 is 5.63 Å². The van der Waals surface area contributed by atoms with Crippen LogP contribution in [0.2, 0.25) is 0 Å². The highest BCUT2D eigenvalue weighted by atomic mass is 32.1. The van der Waals surface area contributed by atoms with Crippen LogP contribution in [0.15, 0.2) is 100 Å². The fourth-order valence-corrected chi connectivity index (χ4v) is 4.26. The van der Waals surface area contributed by atoms with Gasteiger partial charge in [0.2, 0.25) is 0 Å². The highest BCUT2D eigenvalue weighted by Crippen LogP contribution is 2.27. The molecular weight excluding hydrogens is 408 g/mol. The number of nitrogens with one attached hydrogen (secondary N) is 1. The summed E-state index contributed by atoms with van der Waals surface area (Å²) in [5, 5.41) is 3.57. The van der Waals surface area contributed by atoms with Gasteiger partial charge in [-0.2, -0.15) is 4.98 Å². The molecule has 0 unspecified atom stereocenters. The van der Waals surface area contributed by atoms with Crippen molar-refractivity contribution in [2.75, 3.05) is 5.32 Å². The molecule has 0 aliphatic heterocycles. The highest BCUT2D eigenvalue weighted by molar-refractivity contribution is 7.18. The Hall–Kier alpha value is -3.90. The van der Waals surface area contributed by atoms with E-state index in [0.29, 0.717) is 16.0 Å². The van der Waals surface area contributed by atoms with E-state index in [1.807, 2.05) is 78.9 Å². The number of hydrogen-bond donors (Lipinski definition) is 1. The molecule has 0 saturated heterocycles. The average molecular weight is 426 g/mol. The van der Waals surface area contributed by atoms with Gasteiger partial charge in [0.05, 0.1) is 5.39 Å². The molecule has 2 heterocycles. The maximum atomic E-state index is 12.5. The smallest absolute Gasteiger partial charge is 0.349 e. The third-order valence-electron chi connectivity index (χ3n) is 4.68. The molecule has 0 radical (unpaired) electrons. The normalized spacial score (nSPS) is 10.8. The van der Waals surface area contributed by atoms with Crippen molar-refractivity contribution >= 4 is 33.3 Å². The number of rotatable bonds is 6. The first-order valence-corrected chi connectivity index (χ1v) is 10.6. The Balaban J connectivity index is 1.33. The zero-order valence-electron chi connectivity index (χ0n) is 16.4. The van der Waals surface area contributed by atoms with Gasteiger partial charge in [0.15, 0.2) is 0 Å². The molecular formula is C25H18N2O3S. The molecule has 3 aromatic carbocycles. The number of anilines is 2. The van der Waals surface area contributed by atoms with Crippen LogP contribution in [0, 0.1) is 0 Å². The highest BCUT2D eigenvalue weighted by Gasteiger charge is 2.12. The molecule has 6 heteroatoms. The van der Waals surface area contributed by atoms with Gasteiger partial charge in [-0.1, -0.05) is 48.5 Å². The molecule has 0 fully saturated rings. The Kier molecular flexibility index (Phi) is 5.21. The lowest BCUT2D eigenvalue weighted by molar-refractivity contribution is 0.482. The van der Waals surface area contributed by atoms with Crippen LogP contribution < -0.4 is 15.7 Å². The molecule has 0 atom stereocenters. The SMILES string of the molecule is O=c1oc(Nc2ccc(Oc3ccccc3)cc2)nc2sc(Cc3ccccc3)cc12. The van der Waals surface area contributed by atoms with Gasteiger partial charge >= 0.3 is 11.6 Å². The molecule has 5 aromatic rings. The first kappa shape index (κ1) is 19.1. The second-order valence-corrected chi connectivity index (χ2v) is 8.08. The molecule has 5 rings (SSSR count). The summed E-state index contributed by atoms with van der Waals surface area (Å²) in [6.45, 7) is 0. The Morgan fingerprint density at radius 2 is 1.55 bits per heavy atom. The van der Waals surface area contributed by atoms with Crippen molar-refractivity contribution in [1.82, 2.24) is 4.98 Å². The lowest BCUT2D eigenvalue weighted by atomic mass is 10.1. The Labute approximate surface area is 182 Å². The third kappa shape index (κ3) is 4.49. The van der Waals surface area contributed by atoms with Crippen molar-refractivity contribution in [3.63, 3.8) is 0 Å². The van der Waals surface area contributed by atoms with Crippen molar-refractivity contribution < 1.29 is 9.15 Å². The zero-order valence-corrected chi connectivity index (χ0v) is 17.3. The number of hydrogen-bond acceptors (Lipinski definition) is 6. The minimum atomic E-state index is -0.396. The first-order valence-electron chi connectivity index (χ1n) is 9.80. The van der Waals surface area contributed by atoms with Gasteiger partial charge in [-0.15, -0.1) is 11.3 Å². The van der Waals surface area contributed by atoms with E-state index in [-0.39, 0.29) is 6.01 Å². The van der Waals surface area contributed by atoms with Gasteiger partial charge in [-0.05, 0) is 48.0 Å². The van der Waals surface area contributed by atoms with E-state index in [0.717, 1.165) is 22.7 Å². The molecule has 0 saturated carbocycles.